The predicted molar refractivity (Wildman–Crippen MR) is 101 cm³/mol. The average molecular weight is 387 g/mol. The molecule has 8 heteroatoms. The molecule has 0 spiro atoms. The molecule has 6 nitrogen and oxygen atoms in total. The molecule has 0 saturated heterocycles. The van der Waals surface area contributed by atoms with E-state index in [2.05, 4.69) is 21.0 Å². The van der Waals surface area contributed by atoms with Crippen LogP contribution in [0, 0.1) is 0 Å². The molecule has 26 heavy (non-hydrogen) atoms. The normalized spacial score (nSPS) is 17.0. The van der Waals surface area contributed by atoms with Crippen LogP contribution in [0.15, 0.2) is 56.8 Å². The summed E-state index contributed by atoms with van der Waals surface area (Å²) in [6.07, 6.45) is 2.73. The SMILES string of the molecule is O=c1ccc(-c2csc(S(=O)(=O)N[C@H]3CCCc4ccccc43)c2)n[nH]1. The smallest absolute Gasteiger partial charge is 0.264 e. The number of nitrogens with one attached hydrogen (secondary N) is 2. The van der Waals surface area contributed by atoms with Crippen LogP contribution < -0.4 is 10.3 Å². The van der Waals surface area contributed by atoms with Crippen LogP contribution in [0.4, 0.5) is 0 Å². The Balaban J connectivity index is 1.60. The molecular formula is C18H17N3O3S2. The highest BCUT2D eigenvalue weighted by Gasteiger charge is 2.26. The van der Waals surface area contributed by atoms with E-state index in [1.54, 1.807) is 17.5 Å². The maximum Gasteiger partial charge on any atom is 0.264 e. The first-order chi connectivity index (χ1) is 12.5. The van der Waals surface area contributed by atoms with Gasteiger partial charge in [-0.1, -0.05) is 24.3 Å². The standard InChI is InChI=1S/C18H17N3O3S2/c22-17-9-8-15(19-20-17)13-10-18(25-11-13)26(23,24)21-16-7-3-5-12-4-1-2-6-14(12)16/h1-2,4,6,8-11,16,21H,3,5,7H2,(H,20,22)/t16-/m0/s1. The Bertz CT molecular complexity index is 1080. The number of nitrogens with zero attached hydrogens (tertiary/aromatic N) is 1. The van der Waals surface area contributed by atoms with Gasteiger partial charge in [-0.2, -0.15) is 5.10 Å². The number of hydrogen-bond donors (Lipinski definition) is 2. The van der Waals surface area contributed by atoms with Crippen molar-refractivity contribution in [2.24, 2.45) is 0 Å². The number of aromatic nitrogens is 2. The van der Waals surface area contributed by atoms with Crippen molar-refractivity contribution in [3.05, 3.63) is 69.3 Å². The third-order valence-corrected chi connectivity index (χ3v) is 7.39. The molecule has 3 aromatic rings. The van der Waals surface area contributed by atoms with Crippen LogP contribution in [0.25, 0.3) is 11.3 Å². The summed E-state index contributed by atoms with van der Waals surface area (Å²) in [5, 5.41) is 8.03. The van der Waals surface area contributed by atoms with Crippen molar-refractivity contribution in [1.29, 1.82) is 0 Å². The molecule has 2 N–H and O–H groups in total. The number of thiophene rings is 1. The molecule has 0 unspecified atom stereocenters. The highest BCUT2D eigenvalue weighted by Crippen LogP contribution is 2.32. The lowest BCUT2D eigenvalue weighted by Gasteiger charge is -2.25. The highest BCUT2D eigenvalue weighted by molar-refractivity contribution is 7.91. The van der Waals surface area contributed by atoms with Crippen molar-refractivity contribution in [3.8, 4) is 11.3 Å². The Labute approximate surface area is 155 Å². The van der Waals surface area contributed by atoms with E-state index in [0.717, 1.165) is 36.2 Å². The Kier molecular flexibility index (Phi) is 4.47. The number of rotatable bonds is 4. The zero-order chi connectivity index (χ0) is 18.1. The number of aryl methyl sites for hydroxylation is 1. The molecule has 1 aliphatic rings. The minimum atomic E-state index is -3.63. The first-order valence-corrected chi connectivity index (χ1v) is 10.6. The second-order valence-corrected chi connectivity index (χ2v) is 9.08. The van der Waals surface area contributed by atoms with Gasteiger partial charge in [0.1, 0.15) is 4.21 Å². The quantitative estimate of drug-likeness (QED) is 0.720. The van der Waals surface area contributed by atoms with Gasteiger partial charge >= 0.3 is 0 Å². The van der Waals surface area contributed by atoms with Gasteiger partial charge in [-0.15, -0.1) is 11.3 Å². The number of fused-ring (bicyclic) bond motifs is 1. The van der Waals surface area contributed by atoms with E-state index in [1.165, 1.54) is 11.6 Å². The Morgan fingerprint density at radius 2 is 2.04 bits per heavy atom. The largest absolute Gasteiger partial charge is 0.268 e. The third kappa shape index (κ3) is 3.35. The molecular weight excluding hydrogens is 370 g/mol. The van der Waals surface area contributed by atoms with Crippen LogP contribution in [-0.4, -0.2) is 18.6 Å². The van der Waals surface area contributed by atoms with Crippen molar-refractivity contribution in [3.63, 3.8) is 0 Å². The molecule has 0 fully saturated rings. The van der Waals surface area contributed by atoms with E-state index in [1.807, 2.05) is 18.2 Å². The van der Waals surface area contributed by atoms with Gasteiger partial charge in [0.15, 0.2) is 0 Å². The van der Waals surface area contributed by atoms with Crippen molar-refractivity contribution in [1.82, 2.24) is 14.9 Å². The average Bonchev–Trinajstić information content (AvgIpc) is 3.14. The van der Waals surface area contributed by atoms with E-state index < -0.39 is 10.0 Å². The summed E-state index contributed by atoms with van der Waals surface area (Å²) in [7, 11) is -3.63. The van der Waals surface area contributed by atoms with Crippen LogP contribution in [0.1, 0.15) is 30.0 Å². The van der Waals surface area contributed by atoms with Crippen molar-refractivity contribution in [2.75, 3.05) is 0 Å². The first kappa shape index (κ1) is 17.1. The summed E-state index contributed by atoms with van der Waals surface area (Å²) in [6, 6.07) is 12.3. The zero-order valence-electron chi connectivity index (χ0n) is 13.8. The van der Waals surface area contributed by atoms with Gasteiger partial charge in [0.25, 0.3) is 15.6 Å². The summed E-state index contributed by atoms with van der Waals surface area (Å²) in [4.78, 5) is 11.1. The molecule has 2 aromatic heterocycles. The van der Waals surface area contributed by atoms with Crippen LogP contribution in [-0.2, 0) is 16.4 Å². The molecule has 0 amide bonds. The fourth-order valence-corrected chi connectivity index (χ4v) is 5.66. The lowest BCUT2D eigenvalue weighted by molar-refractivity contribution is 0.508. The van der Waals surface area contributed by atoms with Gasteiger partial charge in [0.2, 0.25) is 0 Å². The fourth-order valence-electron chi connectivity index (χ4n) is 3.22. The molecule has 2 heterocycles. The Hall–Kier alpha value is -2.29. The molecule has 0 aliphatic heterocycles. The molecule has 0 saturated carbocycles. The van der Waals surface area contributed by atoms with Crippen molar-refractivity contribution < 1.29 is 8.42 Å². The number of aromatic amines is 1. The summed E-state index contributed by atoms with van der Waals surface area (Å²) in [6.45, 7) is 0. The van der Waals surface area contributed by atoms with E-state index in [9.17, 15) is 13.2 Å². The number of benzene rings is 1. The molecule has 0 radical (unpaired) electrons. The van der Waals surface area contributed by atoms with Gasteiger partial charge in [0.05, 0.1) is 5.69 Å². The van der Waals surface area contributed by atoms with E-state index in [4.69, 9.17) is 0 Å². The highest BCUT2D eigenvalue weighted by atomic mass is 32.2. The van der Waals surface area contributed by atoms with Gasteiger partial charge < -0.3 is 0 Å². The van der Waals surface area contributed by atoms with E-state index >= 15 is 0 Å². The molecule has 1 aliphatic carbocycles. The fraction of sp³-hybridized carbons (Fsp3) is 0.222. The lowest BCUT2D eigenvalue weighted by atomic mass is 9.88. The zero-order valence-corrected chi connectivity index (χ0v) is 15.4. The minimum absolute atomic E-state index is 0.207. The van der Waals surface area contributed by atoms with E-state index in [0.29, 0.717) is 11.3 Å². The molecule has 134 valence electrons. The summed E-state index contributed by atoms with van der Waals surface area (Å²) in [5.74, 6) is 0. The topological polar surface area (TPSA) is 91.9 Å². The van der Waals surface area contributed by atoms with Gasteiger partial charge in [-0.05, 0) is 42.5 Å². The van der Waals surface area contributed by atoms with Gasteiger partial charge in [0, 0.05) is 23.1 Å². The molecule has 0 bridgehead atoms. The maximum atomic E-state index is 12.8. The van der Waals surface area contributed by atoms with Crippen LogP contribution >= 0.6 is 11.3 Å². The number of sulfonamides is 1. The Morgan fingerprint density at radius 1 is 1.19 bits per heavy atom. The van der Waals surface area contributed by atoms with Crippen LogP contribution in [0.3, 0.4) is 0 Å². The van der Waals surface area contributed by atoms with E-state index in [-0.39, 0.29) is 15.8 Å². The molecule has 1 aromatic carbocycles. The Morgan fingerprint density at radius 3 is 2.85 bits per heavy atom. The maximum absolute atomic E-state index is 12.8. The lowest BCUT2D eigenvalue weighted by Crippen LogP contribution is -2.30. The summed E-state index contributed by atoms with van der Waals surface area (Å²) in [5.41, 5.74) is 3.16. The second kappa shape index (κ2) is 6.79. The number of hydrogen-bond acceptors (Lipinski definition) is 5. The minimum Gasteiger partial charge on any atom is -0.268 e. The number of H-pyrrole nitrogens is 1. The third-order valence-electron chi connectivity index (χ3n) is 4.48. The van der Waals surface area contributed by atoms with Crippen molar-refractivity contribution in [2.45, 2.75) is 29.5 Å². The van der Waals surface area contributed by atoms with Crippen LogP contribution in [0.5, 0.6) is 0 Å². The van der Waals surface area contributed by atoms with Gasteiger partial charge in [-0.3, -0.25) is 4.79 Å². The first-order valence-electron chi connectivity index (χ1n) is 8.28. The second-order valence-electron chi connectivity index (χ2n) is 6.23. The molecule has 1 atom stereocenters. The van der Waals surface area contributed by atoms with Gasteiger partial charge in [-0.25, -0.2) is 18.2 Å². The van der Waals surface area contributed by atoms with Crippen molar-refractivity contribution >= 4 is 21.4 Å². The molecule has 4 rings (SSSR count). The summed E-state index contributed by atoms with van der Waals surface area (Å²) >= 11 is 1.14. The summed E-state index contributed by atoms with van der Waals surface area (Å²) < 4.78 is 28.7. The monoisotopic (exact) mass is 387 g/mol. The van der Waals surface area contributed by atoms with Crippen LogP contribution in [0.2, 0.25) is 0 Å². The predicted octanol–water partition coefficient (Wildman–Crippen LogP) is 2.85.